The molecule has 1 aliphatic heterocycles. The molecule has 5 nitrogen and oxygen atoms in total. The molecule has 1 aliphatic rings. The van der Waals surface area contributed by atoms with Crippen molar-refractivity contribution in [1.82, 2.24) is 5.32 Å². The summed E-state index contributed by atoms with van der Waals surface area (Å²) in [6.45, 7) is 4.86. The van der Waals surface area contributed by atoms with Crippen LogP contribution in [0, 0.1) is 5.92 Å². The van der Waals surface area contributed by atoms with Crippen LogP contribution in [0.2, 0.25) is 0 Å². The number of hydrogen-bond donors (Lipinski definition) is 3. The number of carbonyl (C=O) groups excluding carboxylic acids is 1. The Morgan fingerprint density at radius 2 is 2.07 bits per heavy atom. The highest BCUT2D eigenvalue weighted by molar-refractivity contribution is 5.73. The first kappa shape index (κ1) is 12.4. The molecule has 0 aromatic rings. The van der Waals surface area contributed by atoms with Crippen molar-refractivity contribution in [2.24, 2.45) is 5.92 Å². The molecule has 0 aliphatic carbocycles. The molecule has 0 bridgehead atoms. The van der Waals surface area contributed by atoms with Crippen LogP contribution in [-0.4, -0.2) is 47.1 Å². The Labute approximate surface area is 89.4 Å². The number of amides is 1. The van der Waals surface area contributed by atoms with E-state index in [0.717, 1.165) is 0 Å². The van der Waals surface area contributed by atoms with Crippen molar-refractivity contribution in [3.8, 4) is 0 Å². The van der Waals surface area contributed by atoms with Gasteiger partial charge < -0.3 is 20.3 Å². The third-order valence-corrected chi connectivity index (χ3v) is 2.94. The van der Waals surface area contributed by atoms with E-state index in [1.54, 1.807) is 13.8 Å². The summed E-state index contributed by atoms with van der Waals surface area (Å²) < 4.78 is 5.51. The van der Waals surface area contributed by atoms with Gasteiger partial charge in [0.15, 0.2) is 0 Å². The van der Waals surface area contributed by atoms with Gasteiger partial charge in [-0.25, -0.2) is 0 Å². The number of rotatable bonds is 2. The second-order valence-electron chi connectivity index (χ2n) is 4.14. The molecule has 5 atom stereocenters. The third-order valence-electron chi connectivity index (χ3n) is 2.94. The Kier molecular flexibility index (Phi) is 4.07. The van der Waals surface area contributed by atoms with E-state index in [1.807, 2.05) is 0 Å². The Bertz CT molecular complexity index is 233. The van der Waals surface area contributed by atoms with Crippen molar-refractivity contribution in [3.63, 3.8) is 0 Å². The van der Waals surface area contributed by atoms with Gasteiger partial charge in [-0.15, -0.1) is 0 Å². The molecule has 1 heterocycles. The normalized spacial score (nSPS) is 41.3. The zero-order valence-electron chi connectivity index (χ0n) is 9.30. The van der Waals surface area contributed by atoms with Crippen LogP contribution in [0.4, 0.5) is 0 Å². The lowest BCUT2D eigenvalue weighted by molar-refractivity contribution is -0.160. The fourth-order valence-corrected chi connectivity index (χ4v) is 1.96. The summed E-state index contributed by atoms with van der Waals surface area (Å²) in [5.41, 5.74) is 0. The molecule has 15 heavy (non-hydrogen) atoms. The topological polar surface area (TPSA) is 78.8 Å². The van der Waals surface area contributed by atoms with Crippen molar-refractivity contribution in [2.75, 3.05) is 6.61 Å². The summed E-state index contributed by atoms with van der Waals surface area (Å²) in [5.74, 6) is -0.382. The first-order valence-electron chi connectivity index (χ1n) is 5.18. The van der Waals surface area contributed by atoms with Gasteiger partial charge in [0.25, 0.3) is 0 Å². The monoisotopic (exact) mass is 217 g/mol. The van der Waals surface area contributed by atoms with Crippen molar-refractivity contribution >= 4 is 5.91 Å². The molecule has 0 spiro atoms. The highest BCUT2D eigenvalue weighted by Gasteiger charge is 2.40. The Balaban J connectivity index is 2.70. The highest BCUT2D eigenvalue weighted by atomic mass is 16.5. The standard InChI is InChI=1S/C10H19NO4/c1-5-8(4-12)15-6(2)9(10(5)14)11-7(3)13/h5-6,8-10,12,14H,4H2,1-3H3,(H,11,13)/t5-,6+,8+,9?,10?/m1/s1. The number of aliphatic hydroxyl groups is 2. The van der Waals surface area contributed by atoms with Crippen LogP contribution in [0.1, 0.15) is 20.8 Å². The van der Waals surface area contributed by atoms with Crippen molar-refractivity contribution in [1.29, 1.82) is 0 Å². The quantitative estimate of drug-likeness (QED) is 0.569. The Morgan fingerprint density at radius 3 is 2.53 bits per heavy atom. The Morgan fingerprint density at radius 1 is 1.47 bits per heavy atom. The van der Waals surface area contributed by atoms with Gasteiger partial charge in [-0.1, -0.05) is 6.92 Å². The van der Waals surface area contributed by atoms with E-state index in [0.29, 0.717) is 0 Å². The second kappa shape index (κ2) is 4.92. The number of ether oxygens (including phenoxy) is 1. The summed E-state index contributed by atoms with van der Waals surface area (Å²) in [7, 11) is 0. The average Bonchev–Trinajstić information content (AvgIpc) is 2.18. The van der Waals surface area contributed by atoms with Crippen LogP contribution in [0.15, 0.2) is 0 Å². The molecule has 0 radical (unpaired) electrons. The molecule has 1 rings (SSSR count). The molecule has 1 saturated heterocycles. The lowest BCUT2D eigenvalue weighted by atomic mass is 9.87. The predicted octanol–water partition coefficient (Wildman–Crippen LogP) is -0.732. The lowest BCUT2D eigenvalue weighted by Gasteiger charge is -2.42. The SMILES string of the molecule is CC(=O)NC1C(O)[C@H](C)[C@H](CO)O[C@H]1C. The van der Waals surface area contributed by atoms with Crippen molar-refractivity contribution in [2.45, 2.75) is 45.1 Å². The molecule has 0 saturated carbocycles. The molecule has 0 aromatic heterocycles. The van der Waals surface area contributed by atoms with Gasteiger partial charge in [0.1, 0.15) is 0 Å². The van der Waals surface area contributed by atoms with Gasteiger partial charge in [-0.05, 0) is 6.92 Å². The van der Waals surface area contributed by atoms with Crippen LogP contribution in [0.3, 0.4) is 0 Å². The van der Waals surface area contributed by atoms with Crippen LogP contribution in [0.25, 0.3) is 0 Å². The van der Waals surface area contributed by atoms with Crippen molar-refractivity contribution in [3.05, 3.63) is 0 Å². The summed E-state index contributed by atoms with van der Waals surface area (Å²) in [6, 6.07) is -0.403. The minimum atomic E-state index is -0.685. The van der Waals surface area contributed by atoms with Crippen LogP contribution in [0.5, 0.6) is 0 Å². The lowest BCUT2D eigenvalue weighted by Crippen LogP contribution is -2.60. The number of aliphatic hydroxyl groups excluding tert-OH is 2. The first-order chi connectivity index (χ1) is 6.97. The molecule has 0 aromatic carbocycles. The van der Waals surface area contributed by atoms with Crippen LogP contribution in [-0.2, 0) is 9.53 Å². The maximum atomic E-state index is 10.9. The molecule has 1 amide bonds. The van der Waals surface area contributed by atoms with Gasteiger partial charge in [-0.2, -0.15) is 0 Å². The van der Waals surface area contributed by atoms with Crippen LogP contribution >= 0.6 is 0 Å². The van der Waals surface area contributed by atoms with E-state index in [2.05, 4.69) is 5.32 Å². The number of carbonyl (C=O) groups is 1. The predicted molar refractivity (Wildman–Crippen MR) is 54.2 cm³/mol. The summed E-state index contributed by atoms with van der Waals surface area (Å²) >= 11 is 0. The second-order valence-corrected chi connectivity index (χ2v) is 4.14. The largest absolute Gasteiger partial charge is 0.394 e. The van der Waals surface area contributed by atoms with E-state index >= 15 is 0 Å². The minimum Gasteiger partial charge on any atom is -0.394 e. The number of hydrogen-bond acceptors (Lipinski definition) is 4. The molecule has 2 unspecified atom stereocenters. The fourth-order valence-electron chi connectivity index (χ4n) is 1.96. The molecular weight excluding hydrogens is 198 g/mol. The zero-order valence-corrected chi connectivity index (χ0v) is 9.30. The van der Waals surface area contributed by atoms with Gasteiger partial charge >= 0.3 is 0 Å². The Hall–Kier alpha value is -0.650. The molecular formula is C10H19NO4. The zero-order chi connectivity index (χ0) is 11.6. The smallest absolute Gasteiger partial charge is 0.217 e. The van der Waals surface area contributed by atoms with E-state index in [-0.39, 0.29) is 30.6 Å². The highest BCUT2D eigenvalue weighted by Crippen LogP contribution is 2.25. The summed E-state index contributed by atoms with van der Waals surface area (Å²) in [4.78, 5) is 10.9. The molecule has 1 fully saturated rings. The van der Waals surface area contributed by atoms with Crippen molar-refractivity contribution < 1.29 is 19.7 Å². The van der Waals surface area contributed by atoms with Gasteiger partial charge in [0, 0.05) is 12.8 Å². The minimum absolute atomic E-state index is 0.116. The van der Waals surface area contributed by atoms with E-state index in [9.17, 15) is 9.90 Å². The maximum Gasteiger partial charge on any atom is 0.217 e. The third kappa shape index (κ3) is 2.68. The van der Waals surface area contributed by atoms with Gasteiger partial charge in [0.2, 0.25) is 5.91 Å². The first-order valence-corrected chi connectivity index (χ1v) is 5.18. The summed E-state index contributed by atoms with van der Waals surface area (Å²) in [6.07, 6.45) is -1.34. The fraction of sp³-hybridized carbons (Fsp3) is 0.900. The van der Waals surface area contributed by atoms with E-state index < -0.39 is 12.1 Å². The van der Waals surface area contributed by atoms with Gasteiger partial charge in [0.05, 0.1) is 31.0 Å². The number of nitrogens with one attached hydrogen (secondary N) is 1. The molecule has 5 heteroatoms. The summed E-state index contributed by atoms with van der Waals surface area (Å²) in [5, 5.41) is 21.7. The van der Waals surface area contributed by atoms with E-state index in [4.69, 9.17) is 9.84 Å². The van der Waals surface area contributed by atoms with Crippen LogP contribution < -0.4 is 5.32 Å². The average molecular weight is 217 g/mol. The molecule has 88 valence electrons. The van der Waals surface area contributed by atoms with Gasteiger partial charge in [-0.3, -0.25) is 4.79 Å². The molecule has 3 N–H and O–H groups in total. The van der Waals surface area contributed by atoms with E-state index in [1.165, 1.54) is 6.92 Å². The maximum absolute atomic E-state index is 10.9.